The highest BCUT2D eigenvalue weighted by molar-refractivity contribution is 7.96. The summed E-state index contributed by atoms with van der Waals surface area (Å²) in [6.07, 6.45) is 1.34. The van der Waals surface area contributed by atoms with Crippen LogP contribution in [-0.2, 0) is 0 Å². The predicted octanol–water partition coefficient (Wildman–Crippen LogP) is 2.72. The van der Waals surface area contributed by atoms with E-state index < -0.39 is 5.30 Å². The van der Waals surface area contributed by atoms with Crippen LogP contribution in [0, 0.1) is 0 Å². The van der Waals surface area contributed by atoms with E-state index in [0.717, 1.165) is 0 Å². The molecule has 5 nitrogen and oxygen atoms in total. The number of hydrogen-bond acceptors (Lipinski definition) is 5. The molecule has 7 heteroatoms. The first kappa shape index (κ1) is 11.9. The van der Waals surface area contributed by atoms with Crippen molar-refractivity contribution in [2.75, 3.05) is 7.11 Å². The zero-order valence-corrected chi connectivity index (χ0v) is 10.3. The monoisotopic (exact) mass is 270 g/mol. The second-order valence-electron chi connectivity index (χ2n) is 3.05. The number of ether oxygens (including phenoxy) is 2. The number of nitrogens with zero attached hydrogens (tertiary/aromatic N) is 2. The van der Waals surface area contributed by atoms with Gasteiger partial charge in [-0.1, -0.05) is 24.2 Å². The van der Waals surface area contributed by atoms with Crippen LogP contribution < -0.4 is 9.47 Å². The molecule has 0 aliphatic heterocycles. The van der Waals surface area contributed by atoms with Gasteiger partial charge in [0.15, 0.2) is 11.5 Å². The predicted molar refractivity (Wildman–Crippen MR) is 66.1 cm³/mol. The Morgan fingerprint density at radius 2 is 2.12 bits per heavy atom. The fourth-order valence-corrected chi connectivity index (χ4v) is 1.66. The molecule has 0 atom stereocenters. The summed E-state index contributed by atoms with van der Waals surface area (Å²) in [5, 5.41) is 0.101. The smallest absolute Gasteiger partial charge is 0.369 e. The van der Waals surface area contributed by atoms with Gasteiger partial charge in [0, 0.05) is 11.5 Å². The Labute approximate surface area is 107 Å². The lowest BCUT2D eigenvalue weighted by molar-refractivity contribution is 0.225. The number of halogens is 1. The Balaban J connectivity index is 2.65. The number of thiol groups is 1. The molecule has 0 aliphatic carbocycles. The molecule has 0 spiro atoms. The second kappa shape index (κ2) is 4.77. The van der Waals surface area contributed by atoms with Crippen LogP contribution in [0.1, 0.15) is 0 Å². The Bertz CT molecular complexity index is 591. The maximum absolute atomic E-state index is 10.8. The van der Waals surface area contributed by atoms with Gasteiger partial charge in [-0.15, -0.1) is 0 Å². The number of fused-ring (bicyclic) bond motifs is 1. The molecular weight excluding hydrogens is 264 g/mol. The van der Waals surface area contributed by atoms with E-state index in [0.29, 0.717) is 16.7 Å². The van der Waals surface area contributed by atoms with Crippen molar-refractivity contribution >= 4 is 40.4 Å². The minimum absolute atomic E-state index is 0.219. The highest BCUT2D eigenvalue weighted by Crippen LogP contribution is 2.33. The normalized spacial score (nSPS) is 10.3. The van der Waals surface area contributed by atoms with E-state index in [1.54, 1.807) is 6.07 Å². The van der Waals surface area contributed by atoms with Crippen molar-refractivity contribution in [1.82, 2.24) is 9.97 Å². The molecule has 0 saturated heterocycles. The zero-order chi connectivity index (χ0) is 12.4. The molecular formula is C10H7ClN2O3S. The fraction of sp³-hybridized carbons (Fsp3) is 0.100. The third-order valence-electron chi connectivity index (χ3n) is 2.07. The Morgan fingerprint density at radius 1 is 1.35 bits per heavy atom. The molecule has 0 amide bonds. The van der Waals surface area contributed by atoms with Gasteiger partial charge in [-0.2, -0.15) is 0 Å². The van der Waals surface area contributed by atoms with E-state index in [9.17, 15) is 4.79 Å². The van der Waals surface area contributed by atoms with Crippen LogP contribution in [0.2, 0.25) is 5.15 Å². The van der Waals surface area contributed by atoms with E-state index in [4.69, 9.17) is 21.1 Å². The maximum atomic E-state index is 10.8. The molecule has 2 aromatic rings. The van der Waals surface area contributed by atoms with Gasteiger partial charge in [0.05, 0.1) is 12.6 Å². The van der Waals surface area contributed by atoms with Gasteiger partial charge < -0.3 is 9.47 Å². The van der Waals surface area contributed by atoms with Crippen LogP contribution >= 0.6 is 24.2 Å². The van der Waals surface area contributed by atoms with Crippen LogP contribution in [0.3, 0.4) is 0 Å². The maximum Gasteiger partial charge on any atom is 0.369 e. The Kier molecular flexibility index (Phi) is 3.35. The molecule has 0 unspecified atom stereocenters. The third-order valence-corrected chi connectivity index (χ3v) is 2.46. The first-order valence-corrected chi connectivity index (χ1v) is 5.33. The van der Waals surface area contributed by atoms with Crippen LogP contribution in [0.4, 0.5) is 4.79 Å². The molecule has 0 N–H and O–H groups in total. The van der Waals surface area contributed by atoms with Crippen LogP contribution in [0.5, 0.6) is 11.5 Å². The molecule has 1 aromatic heterocycles. The highest BCUT2D eigenvalue weighted by atomic mass is 35.5. The van der Waals surface area contributed by atoms with Crippen LogP contribution in [-0.4, -0.2) is 22.4 Å². The number of hydrogen-bond donors (Lipinski definition) is 1. The number of rotatable bonds is 2. The SMILES string of the molecule is COc1cc2ncnc(Cl)c2cc1OC(=O)S. The van der Waals surface area contributed by atoms with Crippen molar-refractivity contribution in [2.45, 2.75) is 0 Å². The lowest BCUT2D eigenvalue weighted by atomic mass is 10.2. The first-order valence-electron chi connectivity index (χ1n) is 4.51. The van der Waals surface area contributed by atoms with Gasteiger partial charge in [0.25, 0.3) is 0 Å². The van der Waals surface area contributed by atoms with Gasteiger partial charge >= 0.3 is 5.30 Å². The molecule has 17 heavy (non-hydrogen) atoms. The third kappa shape index (κ3) is 2.42. The molecule has 1 heterocycles. The number of aromatic nitrogens is 2. The van der Waals surface area contributed by atoms with E-state index in [2.05, 4.69) is 22.6 Å². The second-order valence-corrected chi connectivity index (χ2v) is 3.78. The van der Waals surface area contributed by atoms with Crippen molar-refractivity contribution in [1.29, 1.82) is 0 Å². The summed E-state index contributed by atoms with van der Waals surface area (Å²) in [6, 6.07) is 3.14. The van der Waals surface area contributed by atoms with Gasteiger partial charge in [-0.25, -0.2) is 14.8 Å². The van der Waals surface area contributed by atoms with Crippen LogP contribution in [0.15, 0.2) is 18.5 Å². The van der Waals surface area contributed by atoms with Crippen molar-refractivity contribution < 1.29 is 14.3 Å². The lowest BCUT2D eigenvalue weighted by Gasteiger charge is -2.09. The summed E-state index contributed by atoms with van der Waals surface area (Å²) in [6.45, 7) is 0. The minimum atomic E-state index is -0.740. The molecule has 1 aromatic carbocycles. The van der Waals surface area contributed by atoms with E-state index >= 15 is 0 Å². The van der Waals surface area contributed by atoms with Gasteiger partial charge in [0.2, 0.25) is 0 Å². The van der Waals surface area contributed by atoms with Gasteiger partial charge in [-0.05, 0) is 6.07 Å². The topological polar surface area (TPSA) is 61.3 Å². The average Bonchev–Trinajstić information content (AvgIpc) is 2.29. The van der Waals surface area contributed by atoms with Crippen molar-refractivity contribution in [3.05, 3.63) is 23.6 Å². The van der Waals surface area contributed by atoms with Crippen molar-refractivity contribution in [3.8, 4) is 11.5 Å². The molecule has 0 bridgehead atoms. The molecule has 0 radical (unpaired) electrons. The largest absolute Gasteiger partial charge is 0.493 e. The summed E-state index contributed by atoms with van der Waals surface area (Å²) in [4.78, 5) is 18.7. The van der Waals surface area contributed by atoms with E-state index in [-0.39, 0.29) is 10.9 Å². The molecule has 88 valence electrons. The number of methoxy groups -OCH3 is 1. The van der Waals surface area contributed by atoms with Crippen molar-refractivity contribution in [3.63, 3.8) is 0 Å². The van der Waals surface area contributed by atoms with Gasteiger partial charge in [-0.3, -0.25) is 0 Å². The summed E-state index contributed by atoms with van der Waals surface area (Å²) >= 11 is 9.44. The fourth-order valence-electron chi connectivity index (χ4n) is 1.37. The summed E-state index contributed by atoms with van der Waals surface area (Å²) in [5.41, 5.74) is 0.598. The summed E-state index contributed by atoms with van der Waals surface area (Å²) < 4.78 is 9.96. The van der Waals surface area contributed by atoms with E-state index in [1.165, 1.54) is 19.5 Å². The first-order chi connectivity index (χ1) is 8.11. The highest BCUT2D eigenvalue weighted by Gasteiger charge is 2.12. The molecule has 0 fully saturated rings. The lowest BCUT2D eigenvalue weighted by Crippen LogP contribution is -1.99. The zero-order valence-electron chi connectivity index (χ0n) is 8.68. The average molecular weight is 271 g/mol. The minimum Gasteiger partial charge on any atom is -0.493 e. The standard InChI is InChI=1S/C10H7ClN2O3S/c1-15-7-3-6-5(9(11)13-4-12-6)2-8(7)16-10(14)17/h2-4H,1H3,(H,14,17). The number of benzene rings is 1. The van der Waals surface area contributed by atoms with E-state index in [1.807, 2.05) is 0 Å². The van der Waals surface area contributed by atoms with Gasteiger partial charge in [0.1, 0.15) is 11.5 Å². The quantitative estimate of drug-likeness (QED) is 0.516. The number of carbonyl (C=O) groups excluding carboxylic acids is 1. The molecule has 0 aliphatic rings. The van der Waals surface area contributed by atoms with Crippen LogP contribution in [0.25, 0.3) is 10.9 Å². The Morgan fingerprint density at radius 3 is 2.76 bits per heavy atom. The summed E-state index contributed by atoms with van der Waals surface area (Å²) in [7, 11) is 1.46. The Hall–Kier alpha value is -1.53. The molecule has 0 saturated carbocycles. The van der Waals surface area contributed by atoms with Crippen molar-refractivity contribution in [2.24, 2.45) is 0 Å². The summed E-state index contributed by atoms with van der Waals surface area (Å²) in [5.74, 6) is 0.589. The number of carbonyl (C=O) groups is 1. The molecule has 2 rings (SSSR count).